The minimum Gasteiger partial charge on any atom is -0.488 e. The van der Waals surface area contributed by atoms with Crippen molar-refractivity contribution in [3.05, 3.63) is 70.4 Å². The third-order valence-corrected chi connectivity index (χ3v) is 5.14. The molecule has 0 saturated heterocycles. The number of urea groups is 1. The second-order valence-electron chi connectivity index (χ2n) is 8.79. The number of aromatic nitrogens is 1. The molecule has 0 aliphatic rings. The van der Waals surface area contributed by atoms with Crippen molar-refractivity contribution in [1.82, 2.24) is 4.98 Å². The van der Waals surface area contributed by atoms with Crippen molar-refractivity contribution >= 4 is 17.4 Å². The monoisotopic (exact) mass is 537 g/mol. The number of hydrogen-bond donors (Lipinski definition) is 3. The first-order valence-electron chi connectivity index (χ1n) is 11.5. The summed E-state index contributed by atoms with van der Waals surface area (Å²) in [5, 5.41) is 4.54. The minimum absolute atomic E-state index is 0.0486. The molecule has 12 heteroatoms. The first-order valence-corrected chi connectivity index (χ1v) is 11.5. The molecule has 0 atom stereocenters. The molecule has 204 valence electrons. The normalized spacial score (nSPS) is 11.7. The Bertz CT molecular complexity index is 1360. The molecule has 38 heavy (non-hydrogen) atoms. The number of amides is 2. The predicted octanol–water partition coefficient (Wildman–Crippen LogP) is 6.05. The van der Waals surface area contributed by atoms with Gasteiger partial charge in [0, 0.05) is 24.6 Å². The lowest BCUT2D eigenvalue weighted by Gasteiger charge is -2.27. The number of aromatic amines is 1. The van der Waals surface area contributed by atoms with Crippen molar-refractivity contribution in [2.75, 3.05) is 31.0 Å². The fourth-order valence-electron chi connectivity index (χ4n) is 3.57. The Hall–Kier alpha value is -4.06. The largest absolute Gasteiger partial charge is 0.488 e. The van der Waals surface area contributed by atoms with Gasteiger partial charge < -0.3 is 29.8 Å². The van der Waals surface area contributed by atoms with E-state index in [1.165, 1.54) is 37.6 Å². The average molecular weight is 538 g/mol. The average Bonchev–Trinajstić information content (AvgIpc) is 2.82. The summed E-state index contributed by atoms with van der Waals surface area (Å²) >= 11 is 0. The van der Waals surface area contributed by atoms with Crippen LogP contribution in [-0.4, -0.2) is 36.9 Å². The molecule has 0 saturated carbocycles. The lowest BCUT2D eigenvalue weighted by Crippen LogP contribution is -2.34. The molecule has 3 aromatic rings. The summed E-state index contributed by atoms with van der Waals surface area (Å²) in [6, 6.07) is 7.46. The van der Waals surface area contributed by atoms with E-state index in [-0.39, 0.29) is 30.3 Å². The van der Waals surface area contributed by atoms with E-state index in [0.29, 0.717) is 11.1 Å². The van der Waals surface area contributed by atoms with Gasteiger partial charge in [0.05, 0.1) is 24.5 Å². The zero-order valence-corrected chi connectivity index (χ0v) is 21.1. The lowest BCUT2D eigenvalue weighted by molar-refractivity contribution is -0.140. The third kappa shape index (κ3) is 7.25. The summed E-state index contributed by atoms with van der Waals surface area (Å²) in [5.41, 5.74) is -2.09. The van der Waals surface area contributed by atoms with Gasteiger partial charge in [-0.25, -0.2) is 9.18 Å². The zero-order valence-electron chi connectivity index (χ0n) is 21.1. The van der Waals surface area contributed by atoms with Crippen molar-refractivity contribution in [1.29, 1.82) is 0 Å². The first kappa shape index (κ1) is 28.5. The fourth-order valence-corrected chi connectivity index (χ4v) is 3.57. The molecule has 0 unspecified atom stereocenters. The van der Waals surface area contributed by atoms with Crippen molar-refractivity contribution in [2.45, 2.75) is 32.5 Å². The Morgan fingerprint density at radius 1 is 1.00 bits per heavy atom. The van der Waals surface area contributed by atoms with Crippen molar-refractivity contribution in [2.24, 2.45) is 0 Å². The molecule has 1 aromatic heterocycles. The van der Waals surface area contributed by atoms with Gasteiger partial charge in [-0.2, -0.15) is 13.2 Å². The van der Waals surface area contributed by atoms with Crippen molar-refractivity contribution in [3.63, 3.8) is 0 Å². The molecule has 8 nitrogen and oxygen atoms in total. The Balaban J connectivity index is 1.77. The summed E-state index contributed by atoms with van der Waals surface area (Å²) in [6.45, 7) is 5.18. The number of halogens is 4. The standard InChI is InChI=1S/C26H27F4N3O5/c1-5-37-22-11-16(13-31-23(22)34)15-6-8-20(19(27)10-15)33-24(35)32-17-7-9-21(18(12-17)26(28,29)30)38-25(2,3)14-36-4/h6-13H,5,14H2,1-4H3,(H,31,34)(H2,32,33,35). The number of hydrogen-bond acceptors (Lipinski definition) is 5. The number of rotatable bonds is 9. The van der Waals surface area contributed by atoms with Crippen LogP contribution in [0.4, 0.5) is 33.7 Å². The predicted molar refractivity (Wildman–Crippen MR) is 134 cm³/mol. The Kier molecular flexibility index (Phi) is 8.67. The summed E-state index contributed by atoms with van der Waals surface area (Å²) in [7, 11) is 1.40. The summed E-state index contributed by atoms with van der Waals surface area (Å²) in [5.74, 6) is -1.16. The molecule has 3 N–H and O–H groups in total. The maximum atomic E-state index is 14.7. The number of benzene rings is 2. The van der Waals surface area contributed by atoms with Gasteiger partial charge in [0.2, 0.25) is 0 Å². The molecular formula is C26H27F4N3O5. The van der Waals surface area contributed by atoms with Gasteiger partial charge in [-0.05, 0) is 62.7 Å². The Labute approximate surface area is 215 Å². The van der Waals surface area contributed by atoms with Gasteiger partial charge in [-0.15, -0.1) is 0 Å². The van der Waals surface area contributed by atoms with E-state index in [4.69, 9.17) is 14.2 Å². The van der Waals surface area contributed by atoms with E-state index in [0.717, 1.165) is 18.2 Å². The van der Waals surface area contributed by atoms with Crippen LogP contribution in [0.3, 0.4) is 0 Å². The molecule has 2 aromatic carbocycles. The number of alkyl halides is 3. The number of pyridine rings is 1. The quantitative estimate of drug-likeness (QED) is 0.289. The van der Waals surface area contributed by atoms with Gasteiger partial charge >= 0.3 is 12.2 Å². The highest BCUT2D eigenvalue weighted by Crippen LogP contribution is 2.39. The van der Waals surface area contributed by atoms with E-state index >= 15 is 0 Å². The van der Waals surface area contributed by atoms with Crippen LogP contribution in [0.5, 0.6) is 11.5 Å². The SMILES string of the molecule is CCOc1cc(-c2ccc(NC(=O)Nc3ccc(OC(C)(C)COC)c(C(F)(F)F)c3)c(F)c2)c[nH]c1=O. The zero-order chi connectivity index (χ0) is 28.1. The summed E-state index contributed by atoms with van der Waals surface area (Å²) < 4.78 is 71.5. The fraction of sp³-hybridized carbons (Fsp3) is 0.308. The van der Waals surface area contributed by atoms with Crippen LogP contribution in [0.1, 0.15) is 26.3 Å². The number of ether oxygens (including phenoxy) is 3. The molecule has 0 fully saturated rings. The molecular weight excluding hydrogens is 510 g/mol. The Morgan fingerprint density at radius 2 is 1.74 bits per heavy atom. The van der Waals surface area contributed by atoms with Gasteiger partial charge in [-0.1, -0.05) is 6.07 Å². The topological polar surface area (TPSA) is 102 Å². The smallest absolute Gasteiger partial charge is 0.420 e. The van der Waals surface area contributed by atoms with Gasteiger partial charge in [-0.3, -0.25) is 4.79 Å². The van der Waals surface area contributed by atoms with Gasteiger partial charge in [0.15, 0.2) is 5.75 Å². The minimum atomic E-state index is -4.77. The highest BCUT2D eigenvalue weighted by molar-refractivity contribution is 6.00. The summed E-state index contributed by atoms with van der Waals surface area (Å²) in [6.07, 6.45) is -3.38. The summed E-state index contributed by atoms with van der Waals surface area (Å²) in [4.78, 5) is 26.7. The second-order valence-corrected chi connectivity index (χ2v) is 8.79. The first-order chi connectivity index (χ1) is 17.8. The molecule has 0 spiro atoms. The second kappa shape index (κ2) is 11.5. The molecule has 1 heterocycles. The van der Waals surface area contributed by atoms with Crippen molar-refractivity contribution in [3.8, 4) is 22.6 Å². The van der Waals surface area contributed by atoms with Gasteiger partial charge in [0.25, 0.3) is 5.56 Å². The van der Waals surface area contributed by atoms with Crippen LogP contribution >= 0.6 is 0 Å². The number of H-pyrrole nitrogens is 1. The van der Waals surface area contributed by atoms with E-state index < -0.39 is 40.5 Å². The maximum absolute atomic E-state index is 14.7. The number of carbonyl (C=O) groups excluding carboxylic acids is 1. The molecule has 0 radical (unpaired) electrons. The lowest BCUT2D eigenvalue weighted by atomic mass is 10.1. The number of carbonyl (C=O) groups is 1. The van der Waals surface area contributed by atoms with Crippen LogP contribution in [0.25, 0.3) is 11.1 Å². The molecule has 3 rings (SSSR count). The van der Waals surface area contributed by atoms with Crippen LogP contribution in [0.2, 0.25) is 0 Å². The van der Waals surface area contributed by atoms with Gasteiger partial charge in [0.1, 0.15) is 17.2 Å². The van der Waals surface area contributed by atoms with E-state index in [1.54, 1.807) is 20.8 Å². The molecule has 2 amide bonds. The van der Waals surface area contributed by atoms with Crippen LogP contribution < -0.4 is 25.7 Å². The highest BCUT2D eigenvalue weighted by Gasteiger charge is 2.36. The highest BCUT2D eigenvalue weighted by atomic mass is 19.4. The van der Waals surface area contributed by atoms with Crippen LogP contribution in [0, 0.1) is 5.82 Å². The number of anilines is 2. The van der Waals surface area contributed by atoms with E-state index in [1.807, 2.05) is 0 Å². The van der Waals surface area contributed by atoms with Crippen molar-refractivity contribution < 1.29 is 36.6 Å². The maximum Gasteiger partial charge on any atom is 0.420 e. The third-order valence-electron chi connectivity index (χ3n) is 5.14. The van der Waals surface area contributed by atoms with E-state index in [2.05, 4.69) is 15.6 Å². The van der Waals surface area contributed by atoms with Crippen LogP contribution in [0.15, 0.2) is 53.5 Å². The molecule has 0 aliphatic heterocycles. The molecule has 0 bridgehead atoms. The molecule has 0 aliphatic carbocycles. The number of nitrogens with one attached hydrogen (secondary N) is 3. The van der Waals surface area contributed by atoms with Crippen LogP contribution in [-0.2, 0) is 10.9 Å². The number of methoxy groups -OCH3 is 1. The Morgan fingerprint density at radius 3 is 2.37 bits per heavy atom. The van der Waals surface area contributed by atoms with E-state index in [9.17, 15) is 27.2 Å².